The molecule has 1 aromatic carbocycles. The smallest absolute Gasteiger partial charge is 0.0587 e. The Morgan fingerprint density at radius 2 is 1.00 bits per heavy atom. The highest BCUT2D eigenvalue weighted by Gasteiger charge is 1.57. The van der Waals surface area contributed by atoms with E-state index in [9.17, 15) is 0 Å². The summed E-state index contributed by atoms with van der Waals surface area (Å²) in [5.74, 6) is 0. The first kappa shape index (κ1) is 11.4. The van der Waals surface area contributed by atoms with Crippen LogP contribution in [-0.4, -0.2) is 0 Å². The summed E-state index contributed by atoms with van der Waals surface area (Å²) in [6.45, 7) is 1.43. The van der Waals surface area contributed by atoms with Gasteiger partial charge in [0.2, 0.25) is 0 Å². The monoisotopic (exact) mass is 139 g/mol. The average Bonchev–Trinajstić information content (AvgIpc) is 1.93. The van der Waals surface area contributed by atoms with Gasteiger partial charge >= 0.3 is 0 Å². The maximum Gasteiger partial charge on any atom is 0.0587 e. The quantitative estimate of drug-likeness (QED) is 0.541. The number of halogens is 1. The first-order chi connectivity index (χ1) is 4.41. The summed E-state index contributed by atoms with van der Waals surface area (Å²) >= 11 is 0. The van der Waals surface area contributed by atoms with E-state index in [0.29, 0.717) is 0 Å². The molecule has 0 saturated carbocycles. The van der Waals surface area contributed by atoms with E-state index in [-0.39, 0.29) is 4.70 Å². The Morgan fingerprint density at radius 3 is 1.10 bits per heavy atom. The van der Waals surface area contributed by atoms with Gasteiger partial charge in [0.25, 0.3) is 0 Å². The van der Waals surface area contributed by atoms with Gasteiger partial charge in [-0.25, -0.2) is 0 Å². The van der Waals surface area contributed by atoms with Gasteiger partial charge in [0.05, 0.1) is 6.07 Å². The third-order valence-corrected chi connectivity index (χ3v) is 0.667. The lowest BCUT2D eigenvalue weighted by atomic mass is 10.4. The molecule has 0 aliphatic rings. The lowest BCUT2D eigenvalue weighted by Crippen LogP contribution is -1.47. The molecule has 1 rings (SSSR count). The third kappa shape index (κ3) is 9.81. The van der Waals surface area contributed by atoms with Crippen LogP contribution in [0.4, 0.5) is 4.70 Å². The maximum atomic E-state index is 7.32. The van der Waals surface area contributed by atoms with Gasteiger partial charge in [-0.3, -0.25) is 4.70 Å². The Bertz CT molecular complexity index is 140. The largest absolute Gasteiger partial charge is 0.269 e. The van der Waals surface area contributed by atoms with Crippen molar-refractivity contribution >= 4 is 0 Å². The summed E-state index contributed by atoms with van der Waals surface area (Å²) in [5.41, 5.74) is 0. The highest BCUT2D eigenvalue weighted by atomic mass is 19.0. The molecule has 0 heterocycles. The molecule has 1 aromatic rings. The molecule has 0 atom stereocenters. The molecular weight excluding hydrogens is 129 g/mol. The number of nitriles is 1. The van der Waals surface area contributed by atoms with Crippen molar-refractivity contribution in [3.63, 3.8) is 0 Å². The fourth-order valence-electron chi connectivity index (χ4n) is 0.385. The molecule has 0 radical (unpaired) electrons. The minimum absolute atomic E-state index is 0. The number of benzene rings is 1. The fraction of sp³-hybridized carbons (Fsp3) is 0.125. The molecule has 0 fully saturated rings. The van der Waals surface area contributed by atoms with Crippen LogP contribution in [0.15, 0.2) is 36.4 Å². The van der Waals surface area contributed by atoms with Crippen LogP contribution in [-0.2, 0) is 0 Å². The molecule has 0 unspecified atom stereocenters. The molecule has 54 valence electrons. The van der Waals surface area contributed by atoms with E-state index in [1.54, 1.807) is 6.07 Å². The molecule has 0 bridgehead atoms. The van der Waals surface area contributed by atoms with Gasteiger partial charge < -0.3 is 0 Å². The van der Waals surface area contributed by atoms with E-state index in [1.165, 1.54) is 6.92 Å². The second-order valence-corrected chi connectivity index (χ2v) is 1.38. The van der Waals surface area contributed by atoms with Crippen molar-refractivity contribution in [2.45, 2.75) is 6.92 Å². The van der Waals surface area contributed by atoms with Crippen molar-refractivity contribution in [1.82, 2.24) is 0 Å². The molecule has 0 aliphatic carbocycles. The predicted octanol–water partition coefficient (Wildman–Crippen LogP) is 2.37. The number of hydrogen-bond acceptors (Lipinski definition) is 1. The van der Waals surface area contributed by atoms with E-state index in [2.05, 4.69) is 0 Å². The zero-order valence-corrected chi connectivity index (χ0v) is 5.82. The molecule has 0 aliphatic heterocycles. The number of rotatable bonds is 0. The van der Waals surface area contributed by atoms with E-state index >= 15 is 0 Å². The standard InChI is InChI=1S/C6H6.C2H3N.FH/c1-2-4-6-5-3-1;1-2-3;/h1-6H;1H3;1H. The highest BCUT2D eigenvalue weighted by molar-refractivity contribution is 4.99. The van der Waals surface area contributed by atoms with Crippen molar-refractivity contribution in [1.29, 1.82) is 5.26 Å². The third-order valence-electron chi connectivity index (χ3n) is 0.667. The van der Waals surface area contributed by atoms with E-state index in [1.807, 2.05) is 36.4 Å². The Morgan fingerprint density at radius 1 is 0.900 bits per heavy atom. The van der Waals surface area contributed by atoms with Crippen molar-refractivity contribution < 1.29 is 4.70 Å². The van der Waals surface area contributed by atoms with Crippen LogP contribution in [0.3, 0.4) is 0 Å². The number of nitrogens with zero attached hydrogens (tertiary/aromatic N) is 1. The van der Waals surface area contributed by atoms with E-state index in [4.69, 9.17) is 5.26 Å². The van der Waals surface area contributed by atoms with Crippen LogP contribution >= 0.6 is 0 Å². The van der Waals surface area contributed by atoms with E-state index in [0.717, 1.165) is 0 Å². The molecule has 0 saturated heterocycles. The molecule has 10 heavy (non-hydrogen) atoms. The van der Waals surface area contributed by atoms with Gasteiger partial charge in [-0.2, -0.15) is 5.26 Å². The van der Waals surface area contributed by atoms with Gasteiger partial charge in [0.15, 0.2) is 0 Å². The first-order valence-corrected chi connectivity index (χ1v) is 2.72. The van der Waals surface area contributed by atoms with Gasteiger partial charge in [-0.15, -0.1) is 0 Å². The second kappa shape index (κ2) is 10.6. The summed E-state index contributed by atoms with van der Waals surface area (Å²) in [6.07, 6.45) is 0. The molecule has 2 heteroatoms. The summed E-state index contributed by atoms with van der Waals surface area (Å²) in [5, 5.41) is 7.32. The van der Waals surface area contributed by atoms with Crippen LogP contribution in [0.5, 0.6) is 0 Å². The highest BCUT2D eigenvalue weighted by Crippen LogP contribution is 1.79. The van der Waals surface area contributed by atoms with Gasteiger partial charge in [0, 0.05) is 6.92 Å². The Kier molecular flexibility index (Phi) is 12.1. The summed E-state index contributed by atoms with van der Waals surface area (Å²) in [4.78, 5) is 0. The molecule has 0 N–H and O–H groups in total. The van der Waals surface area contributed by atoms with Crippen molar-refractivity contribution in [3.8, 4) is 6.07 Å². The van der Waals surface area contributed by atoms with Crippen LogP contribution in [0.1, 0.15) is 6.92 Å². The van der Waals surface area contributed by atoms with Crippen LogP contribution in [0.25, 0.3) is 0 Å². The summed E-state index contributed by atoms with van der Waals surface area (Å²) < 4.78 is 0. The molecule has 0 spiro atoms. The van der Waals surface area contributed by atoms with Crippen LogP contribution in [0, 0.1) is 11.3 Å². The molecule has 0 amide bonds. The van der Waals surface area contributed by atoms with Gasteiger partial charge in [0.1, 0.15) is 0 Å². The Labute approximate surface area is 60.3 Å². The average molecular weight is 139 g/mol. The van der Waals surface area contributed by atoms with Gasteiger partial charge in [-0.05, 0) is 0 Å². The van der Waals surface area contributed by atoms with Gasteiger partial charge in [-0.1, -0.05) is 36.4 Å². The first-order valence-electron chi connectivity index (χ1n) is 2.72. The normalized spacial score (nSPS) is 5.60. The lowest BCUT2D eigenvalue weighted by molar-refractivity contribution is 1.11. The maximum absolute atomic E-state index is 7.32. The summed E-state index contributed by atoms with van der Waals surface area (Å²) in [6, 6.07) is 13.8. The SMILES string of the molecule is CC#N.F.c1ccccc1. The second-order valence-electron chi connectivity index (χ2n) is 1.38. The minimum atomic E-state index is 0. The molecule has 0 aromatic heterocycles. The number of hydrogen-bond donors (Lipinski definition) is 0. The van der Waals surface area contributed by atoms with Crippen molar-refractivity contribution in [2.75, 3.05) is 0 Å². The lowest BCUT2D eigenvalue weighted by Gasteiger charge is -1.69. The van der Waals surface area contributed by atoms with Crippen LogP contribution < -0.4 is 0 Å². The zero-order chi connectivity index (χ0) is 6.95. The van der Waals surface area contributed by atoms with Crippen molar-refractivity contribution in [2.24, 2.45) is 0 Å². The van der Waals surface area contributed by atoms with E-state index < -0.39 is 0 Å². The van der Waals surface area contributed by atoms with Crippen LogP contribution in [0.2, 0.25) is 0 Å². The van der Waals surface area contributed by atoms with Crippen molar-refractivity contribution in [3.05, 3.63) is 36.4 Å². The summed E-state index contributed by atoms with van der Waals surface area (Å²) in [7, 11) is 0. The predicted molar refractivity (Wildman–Crippen MR) is 40.2 cm³/mol. The zero-order valence-electron chi connectivity index (χ0n) is 5.82. The molecule has 1 nitrogen and oxygen atoms in total. The fourth-order valence-corrected chi connectivity index (χ4v) is 0.385. The Balaban J connectivity index is 0. The Hall–Kier alpha value is -1.36. The topological polar surface area (TPSA) is 23.8 Å². The minimum Gasteiger partial charge on any atom is -0.269 e. The molecular formula is C8H10FN.